The number of hydrogen-bond donors (Lipinski definition) is 2. The Bertz CT molecular complexity index is 150. The minimum atomic E-state index is -0.365. The van der Waals surface area contributed by atoms with E-state index in [1.54, 1.807) is 0 Å². The third-order valence-corrected chi connectivity index (χ3v) is 7.52. The Hall–Kier alpha value is 0.780. The van der Waals surface area contributed by atoms with Crippen LogP contribution < -0.4 is 11.0 Å². The summed E-state index contributed by atoms with van der Waals surface area (Å²) in [7, 11) is -0.730. The van der Waals surface area contributed by atoms with Crippen LogP contribution in [0.1, 0.15) is 41.5 Å². The number of nitrogens with two attached hydrogens (primary N) is 2. The molecule has 0 radical (unpaired) electrons. The van der Waals surface area contributed by atoms with Crippen LogP contribution >= 0.6 is 16.1 Å². The molecule has 4 heteroatoms. The van der Waals surface area contributed by atoms with E-state index in [9.17, 15) is 0 Å². The maximum Gasteiger partial charge on any atom is -0.00508 e. The standard InChI is InChI=1S/C10H26N2P2/c1-9(2,3)13(11)7-8-14(12)10(4,5)6/h7-8,11-12H2,1-6H3. The summed E-state index contributed by atoms with van der Waals surface area (Å²) < 4.78 is 0. The molecule has 0 aliphatic carbocycles. The zero-order valence-corrected chi connectivity index (χ0v) is 12.3. The van der Waals surface area contributed by atoms with E-state index < -0.39 is 0 Å². The van der Waals surface area contributed by atoms with Gasteiger partial charge in [-0.05, 0) is 38.8 Å². The van der Waals surface area contributed by atoms with E-state index in [4.69, 9.17) is 11.0 Å². The summed E-state index contributed by atoms with van der Waals surface area (Å²) in [5.74, 6) is 0. The van der Waals surface area contributed by atoms with Gasteiger partial charge in [0.25, 0.3) is 0 Å². The summed E-state index contributed by atoms with van der Waals surface area (Å²) in [6.45, 7) is 13.3. The van der Waals surface area contributed by atoms with Gasteiger partial charge in [0.05, 0.1) is 0 Å². The lowest BCUT2D eigenvalue weighted by molar-refractivity contribution is 0.774. The van der Waals surface area contributed by atoms with E-state index in [-0.39, 0.29) is 26.5 Å². The molecule has 0 aromatic heterocycles. The summed E-state index contributed by atoms with van der Waals surface area (Å²) in [4.78, 5) is 0. The molecule has 0 aliphatic rings. The quantitative estimate of drug-likeness (QED) is 0.739. The predicted molar refractivity (Wildman–Crippen MR) is 71.5 cm³/mol. The van der Waals surface area contributed by atoms with Crippen LogP contribution in [0.5, 0.6) is 0 Å². The van der Waals surface area contributed by atoms with Crippen molar-refractivity contribution in [2.24, 2.45) is 11.0 Å². The van der Waals surface area contributed by atoms with Gasteiger partial charge in [-0.3, -0.25) is 0 Å². The van der Waals surface area contributed by atoms with Crippen LogP contribution in [-0.2, 0) is 0 Å². The lowest BCUT2D eigenvalue weighted by Gasteiger charge is -2.32. The molecule has 2 unspecified atom stereocenters. The molecule has 0 fully saturated rings. The third kappa shape index (κ3) is 5.61. The van der Waals surface area contributed by atoms with Crippen LogP contribution in [0.4, 0.5) is 0 Å². The largest absolute Gasteiger partial charge is 0.309 e. The fraction of sp³-hybridized carbons (Fsp3) is 1.00. The van der Waals surface area contributed by atoms with Crippen LogP contribution in [0.15, 0.2) is 0 Å². The first-order chi connectivity index (χ1) is 6.05. The average Bonchev–Trinajstić information content (AvgIpc) is 1.95. The van der Waals surface area contributed by atoms with Gasteiger partial charge in [0.2, 0.25) is 0 Å². The molecule has 0 aliphatic heterocycles. The van der Waals surface area contributed by atoms with Gasteiger partial charge in [0.15, 0.2) is 0 Å². The third-order valence-electron chi connectivity index (χ3n) is 2.31. The second-order valence-electron chi connectivity index (χ2n) is 5.73. The van der Waals surface area contributed by atoms with E-state index in [1.165, 1.54) is 0 Å². The number of hydrogen-bond acceptors (Lipinski definition) is 2. The first-order valence-electron chi connectivity index (χ1n) is 5.10. The minimum Gasteiger partial charge on any atom is -0.309 e. The maximum absolute atomic E-state index is 6.16. The van der Waals surface area contributed by atoms with Crippen molar-refractivity contribution in [2.75, 3.05) is 12.3 Å². The zero-order valence-electron chi connectivity index (χ0n) is 10.5. The first-order valence-corrected chi connectivity index (χ1v) is 8.29. The average molecular weight is 236 g/mol. The summed E-state index contributed by atoms with van der Waals surface area (Å²) >= 11 is 0. The van der Waals surface area contributed by atoms with Crippen molar-refractivity contribution in [1.29, 1.82) is 0 Å². The normalized spacial score (nSPS) is 18.0. The highest BCUT2D eigenvalue weighted by atomic mass is 31.1. The van der Waals surface area contributed by atoms with E-state index in [0.717, 1.165) is 12.3 Å². The lowest BCUT2D eigenvalue weighted by Crippen LogP contribution is -2.23. The highest BCUT2D eigenvalue weighted by Gasteiger charge is 2.24. The van der Waals surface area contributed by atoms with E-state index in [2.05, 4.69) is 41.5 Å². The Morgan fingerprint density at radius 1 is 0.714 bits per heavy atom. The second kappa shape index (κ2) is 5.21. The van der Waals surface area contributed by atoms with Gasteiger partial charge in [-0.25, -0.2) is 0 Å². The Morgan fingerprint density at radius 3 is 1.07 bits per heavy atom. The summed E-state index contributed by atoms with van der Waals surface area (Å²) in [5, 5.41) is 0.535. The Morgan fingerprint density at radius 2 is 0.929 bits per heavy atom. The molecule has 2 atom stereocenters. The molecule has 0 aromatic rings. The highest BCUT2D eigenvalue weighted by molar-refractivity contribution is 7.60. The monoisotopic (exact) mass is 236 g/mol. The fourth-order valence-electron chi connectivity index (χ4n) is 0.886. The molecule has 4 N–H and O–H groups in total. The molecule has 2 nitrogen and oxygen atoms in total. The van der Waals surface area contributed by atoms with Crippen LogP contribution in [0.3, 0.4) is 0 Å². The van der Waals surface area contributed by atoms with Crippen LogP contribution in [0.2, 0.25) is 0 Å². The molecule has 0 saturated heterocycles. The molecule has 0 amide bonds. The molecule has 0 saturated carbocycles. The SMILES string of the molecule is CC(C)(C)P(N)CCP(N)C(C)(C)C. The van der Waals surface area contributed by atoms with Gasteiger partial charge < -0.3 is 11.0 Å². The van der Waals surface area contributed by atoms with Crippen molar-refractivity contribution in [1.82, 2.24) is 0 Å². The van der Waals surface area contributed by atoms with Gasteiger partial charge in [0, 0.05) is 0 Å². The van der Waals surface area contributed by atoms with E-state index in [1.807, 2.05) is 0 Å². The van der Waals surface area contributed by atoms with Crippen molar-refractivity contribution in [3.63, 3.8) is 0 Å². The van der Waals surface area contributed by atoms with Crippen LogP contribution in [0, 0.1) is 0 Å². The van der Waals surface area contributed by atoms with Crippen molar-refractivity contribution in [2.45, 2.75) is 51.9 Å². The Kier molecular flexibility index (Phi) is 5.50. The molecule has 0 bridgehead atoms. The Balaban J connectivity index is 3.96. The zero-order chi connectivity index (χ0) is 11.6. The topological polar surface area (TPSA) is 52.0 Å². The smallest absolute Gasteiger partial charge is 0.00508 e. The van der Waals surface area contributed by atoms with E-state index >= 15 is 0 Å². The summed E-state index contributed by atoms with van der Waals surface area (Å²) in [6, 6.07) is 0. The van der Waals surface area contributed by atoms with Gasteiger partial charge in [-0.2, -0.15) is 0 Å². The second-order valence-corrected chi connectivity index (χ2v) is 11.2. The fourth-order valence-corrected chi connectivity index (χ4v) is 3.95. The molecule has 86 valence electrons. The van der Waals surface area contributed by atoms with Crippen molar-refractivity contribution in [3.8, 4) is 0 Å². The van der Waals surface area contributed by atoms with Crippen molar-refractivity contribution >= 4 is 16.1 Å². The molecular weight excluding hydrogens is 210 g/mol. The van der Waals surface area contributed by atoms with Gasteiger partial charge >= 0.3 is 0 Å². The van der Waals surface area contributed by atoms with Gasteiger partial charge in [-0.1, -0.05) is 41.5 Å². The van der Waals surface area contributed by atoms with Crippen molar-refractivity contribution < 1.29 is 0 Å². The molecule has 0 spiro atoms. The highest BCUT2D eigenvalue weighted by Crippen LogP contribution is 2.48. The lowest BCUT2D eigenvalue weighted by atomic mass is 10.3. The summed E-state index contributed by atoms with van der Waals surface area (Å²) in [6.07, 6.45) is 2.22. The molecule has 0 heterocycles. The maximum atomic E-state index is 6.16. The Labute approximate surface area is 91.8 Å². The van der Waals surface area contributed by atoms with Gasteiger partial charge in [0.1, 0.15) is 0 Å². The van der Waals surface area contributed by atoms with Crippen LogP contribution in [0.25, 0.3) is 0 Å². The summed E-state index contributed by atoms with van der Waals surface area (Å²) in [5.41, 5.74) is 12.3. The minimum absolute atomic E-state index is 0.267. The first kappa shape index (κ1) is 14.8. The predicted octanol–water partition coefficient (Wildman–Crippen LogP) is 3.29. The molecule has 14 heavy (non-hydrogen) atoms. The van der Waals surface area contributed by atoms with Crippen molar-refractivity contribution in [3.05, 3.63) is 0 Å². The van der Waals surface area contributed by atoms with Crippen LogP contribution in [-0.4, -0.2) is 22.6 Å². The molecule has 0 rings (SSSR count). The molecular formula is C10H26N2P2. The van der Waals surface area contributed by atoms with E-state index in [0.29, 0.717) is 0 Å². The number of rotatable bonds is 3. The molecule has 0 aromatic carbocycles. The van der Waals surface area contributed by atoms with Gasteiger partial charge in [-0.15, -0.1) is 0 Å².